The summed E-state index contributed by atoms with van der Waals surface area (Å²) in [5.74, 6) is -0.00972. The van der Waals surface area contributed by atoms with E-state index < -0.39 is 6.10 Å². The van der Waals surface area contributed by atoms with Crippen LogP contribution in [0.1, 0.15) is 291 Å². The van der Waals surface area contributed by atoms with E-state index in [0.717, 1.165) is 70.1 Å². The summed E-state index contributed by atoms with van der Waals surface area (Å²) in [7, 11) is 0. The Morgan fingerprint density at radius 2 is 0.569 bits per heavy atom. The predicted molar refractivity (Wildman–Crippen MR) is 247 cm³/mol. The zero-order chi connectivity index (χ0) is 42.4. The van der Waals surface area contributed by atoms with Crippen LogP contribution in [-0.4, -0.2) is 37.2 Å². The summed E-state index contributed by atoms with van der Waals surface area (Å²) < 4.78 is 16.7. The maximum absolute atomic E-state index is 12.7. The van der Waals surface area contributed by atoms with Crippen LogP contribution in [0.25, 0.3) is 0 Å². The van der Waals surface area contributed by atoms with Crippen molar-refractivity contribution in [3.8, 4) is 0 Å². The maximum Gasteiger partial charge on any atom is 0.306 e. The lowest BCUT2D eigenvalue weighted by atomic mass is 10.0. The van der Waals surface area contributed by atoms with Gasteiger partial charge in [-0.3, -0.25) is 14.4 Å². The highest BCUT2D eigenvalue weighted by Gasteiger charge is 2.19. The summed E-state index contributed by atoms with van der Waals surface area (Å²) in [5, 5.41) is 0. The third-order valence-electron chi connectivity index (χ3n) is 11.8. The van der Waals surface area contributed by atoms with Gasteiger partial charge in [-0.1, -0.05) is 252 Å². The molecule has 0 aromatic heterocycles. The summed E-state index contributed by atoms with van der Waals surface area (Å²) >= 11 is 0. The Morgan fingerprint density at radius 3 is 0.845 bits per heavy atom. The molecule has 0 rings (SSSR count). The van der Waals surface area contributed by atoms with Crippen molar-refractivity contribution in [3.63, 3.8) is 0 Å². The molecule has 0 saturated carbocycles. The molecule has 0 aliphatic rings. The van der Waals surface area contributed by atoms with Gasteiger partial charge in [0.05, 0.1) is 0 Å². The van der Waals surface area contributed by atoms with Gasteiger partial charge in [-0.2, -0.15) is 0 Å². The monoisotopic (exact) mass is 821 g/mol. The fraction of sp³-hybridized carbons (Fsp3) is 0.942. The summed E-state index contributed by atoms with van der Waals surface area (Å²) in [4.78, 5) is 37.6. The van der Waals surface area contributed by atoms with Crippen LogP contribution >= 0.6 is 0 Å². The lowest BCUT2D eigenvalue weighted by Crippen LogP contribution is -2.30. The Bertz CT molecular complexity index is 872. The maximum atomic E-state index is 12.7. The van der Waals surface area contributed by atoms with Crippen LogP contribution in [0.2, 0.25) is 0 Å². The number of ether oxygens (including phenoxy) is 3. The van der Waals surface area contributed by atoms with E-state index in [0.29, 0.717) is 19.3 Å². The van der Waals surface area contributed by atoms with Crippen LogP contribution in [0.3, 0.4) is 0 Å². The number of esters is 3. The molecule has 0 aliphatic carbocycles. The molecule has 0 bridgehead atoms. The van der Waals surface area contributed by atoms with Crippen molar-refractivity contribution in [1.82, 2.24) is 0 Å². The quantitative estimate of drug-likeness (QED) is 0.0346. The van der Waals surface area contributed by atoms with Crippen LogP contribution in [0.5, 0.6) is 0 Å². The lowest BCUT2D eigenvalue weighted by Gasteiger charge is -2.18. The van der Waals surface area contributed by atoms with Gasteiger partial charge >= 0.3 is 17.9 Å². The molecule has 0 aliphatic heterocycles. The van der Waals surface area contributed by atoms with Gasteiger partial charge in [0, 0.05) is 19.3 Å². The summed E-state index contributed by atoms with van der Waals surface area (Å²) in [6.45, 7) is 8.96. The number of rotatable bonds is 47. The van der Waals surface area contributed by atoms with Gasteiger partial charge in [0.1, 0.15) is 13.2 Å². The Morgan fingerprint density at radius 1 is 0.328 bits per heavy atom. The number of carbonyl (C=O) groups is 3. The number of carbonyl (C=O) groups excluding carboxylic acids is 3. The SMILES string of the molecule is CCCCCCCCCCCCCCCCCCCC(=O)O[C@H](COC(=O)CCCCCCC)COC(=O)CCCCCCCCCCCCCCCCCC(C)C. The Labute approximate surface area is 361 Å². The molecule has 6 nitrogen and oxygen atoms in total. The minimum absolute atomic E-state index is 0.0638. The van der Waals surface area contributed by atoms with Crippen molar-refractivity contribution in [2.45, 2.75) is 297 Å². The van der Waals surface area contributed by atoms with Crippen molar-refractivity contribution < 1.29 is 28.6 Å². The Hall–Kier alpha value is -1.59. The standard InChI is InChI=1S/C52H100O6/c1-5-7-9-11-12-13-14-15-16-17-20-24-27-30-33-37-41-45-52(55)58-49(46-56-50(53)43-39-34-10-8-6-2)47-57-51(54)44-40-36-32-29-26-23-21-18-19-22-25-28-31-35-38-42-48(3)4/h48-49H,5-47H2,1-4H3/t49-/m1/s1. The van der Waals surface area contributed by atoms with Crippen molar-refractivity contribution >= 4 is 17.9 Å². The first kappa shape index (κ1) is 56.4. The zero-order valence-electron chi connectivity index (χ0n) is 39.5. The van der Waals surface area contributed by atoms with Gasteiger partial charge in [-0.05, 0) is 25.2 Å². The molecule has 0 N–H and O–H groups in total. The molecule has 0 amide bonds. The van der Waals surface area contributed by atoms with E-state index in [-0.39, 0.29) is 31.1 Å². The molecular weight excluding hydrogens is 721 g/mol. The minimum Gasteiger partial charge on any atom is -0.462 e. The number of unbranched alkanes of at least 4 members (excludes halogenated alkanes) is 34. The molecule has 0 radical (unpaired) electrons. The van der Waals surface area contributed by atoms with Gasteiger partial charge in [0.2, 0.25) is 0 Å². The zero-order valence-corrected chi connectivity index (χ0v) is 39.5. The summed E-state index contributed by atoms with van der Waals surface area (Å²) in [6.07, 6.45) is 48.4. The van der Waals surface area contributed by atoms with Crippen LogP contribution < -0.4 is 0 Å². The van der Waals surface area contributed by atoms with Crippen molar-refractivity contribution in [1.29, 1.82) is 0 Å². The molecule has 0 aromatic rings. The first-order valence-electron chi connectivity index (χ1n) is 25.9. The van der Waals surface area contributed by atoms with Gasteiger partial charge in [-0.15, -0.1) is 0 Å². The minimum atomic E-state index is -0.758. The van der Waals surface area contributed by atoms with E-state index in [1.54, 1.807) is 0 Å². The molecule has 0 heterocycles. The van der Waals surface area contributed by atoms with Crippen molar-refractivity contribution in [2.75, 3.05) is 13.2 Å². The average Bonchev–Trinajstić information content (AvgIpc) is 3.21. The van der Waals surface area contributed by atoms with E-state index >= 15 is 0 Å². The number of hydrogen-bond acceptors (Lipinski definition) is 6. The van der Waals surface area contributed by atoms with Crippen molar-refractivity contribution in [3.05, 3.63) is 0 Å². The van der Waals surface area contributed by atoms with E-state index in [2.05, 4.69) is 27.7 Å². The van der Waals surface area contributed by atoms with Gasteiger partial charge < -0.3 is 14.2 Å². The highest BCUT2D eigenvalue weighted by atomic mass is 16.6. The number of hydrogen-bond donors (Lipinski definition) is 0. The third-order valence-corrected chi connectivity index (χ3v) is 11.8. The Kier molecular flexibility index (Phi) is 45.2. The lowest BCUT2D eigenvalue weighted by molar-refractivity contribution is -0.167. The normalized spacial score (nSPS) is 11.9. The molecule has 0 saturated heterocycles. The van der Waals surface area contributed by atoms with Gasteiger partial charge in [0.15, 0.2) is 6.10 Å². The second-order valence-electron chi connectivity index (χ2n) is 18.3. The smallest absolute Gasteiger partial charge is 0.306 e. The molecule has 0 unspecified atom stereocenters. The summed E-state index contributed by atoms with van der Waals surface area (Å²) in [6, 6.07) is 0. The second kappa shape index (κ2) is 46.5. The molecule has 1 atom stereocenters. The first-order valence-corrected chi connectivity index (χ1v) is 25.9. The molecular formula is C52H100O6. The fourth-order valence-electron chi connectivity index (χ4n) is 7.86. The van der Waals surface area contributed by atoms with Gasteiger partial charge in [-0.25, -0.2) is 0 Å². The molecule has 0 aromatic carbocycles. The summed E-state index contributed by atoms with van der Waals surface area (Å²) in [5.41, 5.74) is 0. The second-order valence-corrected chi connectivity index (χ2v) is 18.3. The highest BCUT2D eigenvalue weighted by molar-refractivity contribution is 5.71. The molecule has 0 spiro atoms. The fourth-order valence-corrected chi connectivity index (χ4v) is 7.86. The van der Waals surface area contributed by atoms with Gasteiger partial charge in [0.25, 0.3) is 0 Å². The molecule has 344 valence electrons. The molecule has 0 fully saturated rings. The van der Waals surface area contributed by atoms with Crippen LogP contribution in [-0.2, 0) is 28.6 Å². The first-order chi connectivity index (χ1) is 28.4. The Balaban J connectivity index is 4.10. The molecule has 6 heteroatoms. The predicted octanol–water partition coefficient (Wildman–Crippen LogP) is 16.7. The topological polar surface area (TPSA) is 78.9 Å². The largest absolute Gasteiger partial charge is 0.462 e. The van der Waals surface area contributed by atoms with Crippen LogP contribution in [0.4, 0.5) is 0 Å². The highest BCUT2D eigenvalue weighted by Crippen LogP contribution is 2.17. The van der Waals surface area contributed by atoms with Crippen LogP contribution in [0, 0.1) is 5.92 Å². The van der Waals surface area contributed by atoms with E-state index in [1.165, 1.54) is 180 Å². The van der Waals surface area contributed by atoms with E-state index in [1.807, 2.05) is 0 Å². The van der Waals surface area contributed by atoms with Crippen LogP contribution in [0.15, 0.2) is 0 Å². The van der Waals surface area contributed by atoms with E-state index in [9.17, 15) is 14.4 Å². The van der Waals surface area contributed by atoms with E-state index in [4.69, 9.17) is 14.2 Å². The molecule has 58 heavy (non-hydrogen) atoms. The third kappa shape index (κ3) is 45.5. The average molecular weight is 821 g/mol. The van der Waals surface area contributed by atoms with Crippen molar-refractivity contribution in [2.24, 2.45) is 5.92 Å².